The summed E-state index contributed by atoms with van der Waals surface area (Å²) in [5.41, 5.74) is 1.94. The van der Waals surface area contributed by atoms with Gasteiger partial charge < -0.3 is 4.74 Å². The molecule has 0 radical (unpaired) electrons. The number of likely N-dealkylation sites (N-methyl/N-ethyl adjacent to an activating group) is 1. The summed E-state index contributed by atoms with van der Waals surface area (Å²) >= 11 is 10.1. The smallest absolute Gasteiger partial charge is 0.266 e. The summed E-state index contributed by atoms with van der Waals surface area (Å²) in [4.78, 5) is 14.6. The zero-order valence-electron chi connectivity index (χ0n) is 13.6. The first-order chi connectivity index (χ1) is 12.1. The van der Waals surface area contributed by atoms with Gasteiger partial charge in [0.2, 0.25) is 0 Å². The Morgan fingerprint density at radius 1 is 1.24 bits per heavy atom. The van der Waals surface area contributed by atoms with Gasteiger partial charge in [0.25, 0.3) is 5.91 Å². The van der Waals surface area contributed by atoms with Gasteiger partial charge in [-0.3, -0.25) is 9.69 Å². The number of hydrogen-bond donors (Lipinski definition) is 0. The lowest BCUT2D eigenvalue weighted by Crippen LogP contribution is -2.27. The number of nitrogens with zero attached hydrogens (tertiary/aromatic N) is 1. The quantitative estimate of drug-likeness (QED) is 0.475. The molecule has 1 aliphatic rings. The molecule has 0 aliphatic carbocycles. The van der Waals surface area contributed by atoms with Crippen LogP contribution >= 0.6 is 39.9 Å². The predicted octanol–water partition coefficient (Wildman–Crippen LogP) is 5.25. The Kier molecular flexibility index (Phi) is 5.93. The van der Waals surface area contributed by atoms with Gasteiger partial charge in [-0.15, -0.1) is 0 Å². The number of ether oxygens (including phenoxy) is 1. The lowest BCUT2D eigenvalue weighted by atomic mass is 10.1. The van der Waals surface area contributed by atoms with E-state index in [1.54, 1.807) is 4.90 Å². The molecule has 0 atom stereocenters. The van der Waals surface area contributed by atoms with Crippen molar-refractivity contribution >= 4 is 56.2 Å². The van der Waals surface area contributed by atoms with Gasteiger partial charge in [0.05, 0.1) is 4.91 Å². The van der Waals surface area contributed by atoms with Gasteiger partial charge in [0.1, 0.15) is 16.7 Å². The van der Waals surface area contributed by atoms with Crippen molar-refractivity contribution in [2.24, 2.45) is 0 Å². The Morgan fingerprint density at radius 2 is 2.00 bits per heavy atom. The molecule has 0 aromatic heterocycles. The van der Waals surface area contributed by atoms with Gasteiger partial charge in [0, 0.05) is 16.6 Å². The second kappa shape index (κ2) is 8.17. The van der Waals surface area contributed by atoms with Crippen molar-refractivity contribution < 1.29 is 9.53 Å². The van der Waals surface area contributed by atoms with Crippen LogP contribution in [0, 0.1) is 0 Å². The van der Waals surface area contributed by atoms with Crippen LogP contribution in [0.25, 0.3) is 6.08 Å². The van der Waals surface area contributed by atoms with E-state index in [1.165, 1.54) is 11.8 Å². The topological polar surface area (TPSA) is 29.5 Å². The molecule has 1 amide bonds. The standard InChI is InChI=1S/C19H16BrNO2S2/c1-2-21-18(22)17(25-19(21)24)11-14-10-15(20)8-9-16(14)23-12-13-6-4-3-5-7-13/h3-11H,2,12H2,1H3. The van der Waals surface area contributed by atoms with E-state index >= 15 is 0 Å². The highest BCUT2D eigenvalue weighted by molar-refractivity contribution is 9.10. The number of thioether (sulfide) groups is 1. The Hall–Kier alpha value is -1.63. The maximum atomic E-state index is 12.4. The van der Waals surface area contributed by atoms with Crippen molar-refractivity contribution in [3.63, 3.8) is 0 Å². The van der Waals surface area contributed by atoms with Crippen LogP contribution in [0.5, 0.6) is 5.75 Å². The molecular weight excluding hydrogens is 418 g/mol. The molecule has 6 heteroatoms. The molecule has 3 nitrogen and oxygen atoms in total. The zero-order chi connectivity index (χ0) is 17.8. The summed E-state index contributed by atoms with van der Waals surface area (Å²) < 4.78 is 7.50. The minimum atomic E-state index is -0.0496. The van der Waals surface area contributed by atoms with Crippen LogP contribution in [0.3, 0.4) is 0 Å². The van der Waals surface area contributed by atoms with Crippen molar-refractivity contribution in [3.05, 3.63) is 69.0 Å². The highest BCUT2D eigenvalue weighted by Crippen LogP contribution is 2.35. The molecule has 1 heterocycles. The lowest BCUT2D eigenvalue weighted by molar-refractivity contribution is -0.121. The molecule has 0 unspecified atom stereocenters. The molecule has 0 N–H and O–H groups in total. The summed E-state index contributed by atoms with van der Waals surface area (Å²) in [6, 6.07) is 15.8. The van der Waals surface area contributed by atoms with Crippen LogP contribution in [0.2, 0.25) is 0 Å². The Labute approximate surface area is 165 Å². The van der Waals surface area contributed by atoms with Crippen LogP contribution in [0.1, 0.15) is 18.1 Å². The maximum Gasteiger partial charge on any atom is 0.266 e. The van der Waals surface area contributed by atoms with Gasteiger partial charge in [-0.2, -0.15) is 0 Å². The number of halogens is 1. The minimum absolute atomic E-state index is 0.0496. The number of thiocarbonyl (C=S) groups is 1. The van der Waals surface area contributed by atoms with Crippen LogP contribution in [-0.4, -0.2) is 21.7 Å². The number of amides is 1. The van der Waals surface area contributed by atoms with E-state index in [1.807, 2.05) is 61.5 Å². The Balaban J connectivity index is 1.86. The van der Waals surface area contributed by atoms with E-state index in [9.17, 15) is 4.79 Å². The highest BCUT2D eigenvalue weighted by Gasteiger charge is 2.30. The van der Waals surface area contributed by atoms with E-state index in [2.05, 4.69) is 15.9 Å². The SMILES string of the molecule is CCN1C(=O)C(=Cc2cc(Br)ccc2OCc2ccccc2)SC1=S. The van der Waals surface area contributed by atoms with Crippen LogP contribution in [-0.2, 0) is 11.4 Å². The molecule has 2 aromatic rings. The fraction of sp³-hybridized carbons (Fsp3) is 0.158. The van der Waals surface area contributed by atoms with Crippen molar-refractivity contribution in [2.75, 3.05) is 6.54 Å². The fourth-order valence-corrected chi connectivity index (χ4v) is 4.17. The van der Waals surface area contributed by atoms with Crippen molar-refractivity contribution in [1.82, 2.24) is 4.90 Å². The molecule has 25 heavy (non-hydrogen) atoms. The Morgan fingerprint density at radius 3 is 2.68 bits per heavy atom. The Bertz CT molecular complexity index is 837. The second-order valence-electron chi connectivity index (χ2n) is 5.38. The van der Waals surface area contributed by atoms with Crippen molar-refractivity contribution in [3.8, 4) is 5.75 Å². The van der Waals surface area contributed by atoms with Crippen LogP contribution in [0.4, 0.5) is 0 Å². The van der Waals surface area contributed by atoms with E-state index < -0.39 is 0 Å². The molecule has 1 fully saturated rings. The van der Waals surface area contributed by atoms with Gasteiger partial charge >= 0.3 is 0 Å². The van der Waals surface area contributed by atoms with Gasteiger partial charge in [-0.25, -0.2) is 0 Å². The molecule has 128 valence electrons. The average molecular weight is 434 g/mol. The third-order valence-electron chi connectivity index (χ3n) is 3.69. The highest BCUT2D eigenvalue weighted by atomic mass is 79.9. The molecular formula is C19H16BrNO2S2. The predicted molar refractivity (Wildman–Crippen MR) is 110 cm³/mol. The van der Waals surface area contributed by atoms with E-state index in [0.717, 1.165) is 21.3 Å². The number of rotatable bonds is 5. The summed E-state index contributed by atoms with van der Waals surface area (Å²) in [5.74, 6) is 0.681. The molecule has 3 rings (SSSR count). The number of carbonyl (C=O) groups is 1. The van der Waals surface area contributed by atoms with Crippen molar-refractivity contribution in [2.45, 2.75) is 13.5 Å². The number of benzene rings is 2. The van der Waals surface area contributed by atoms with Gasteiger partial charge in [-0.05, 0) is 36.8 Å². The third-order valence-corrected chi connectivity index (χ3v) is 5.56. The normalized spacial score (nSPS) is 15.9. The second-order valence-corrected chi connectivity index (χ2v) is 7.97. The largest absolute Gasteiger partial charge is 0.488 e. The molecule has 0 bridgehead atoms. The lowest BCUT2D eigenvalue weighted by Gasteiger charge is -2.11. The number of carbonyl (C=O) groups excluding carboxylic acids is 1. The summed E-state index contributed by atoms with van der Waals surface area (Å²) in [6.07, 6.45) is 1.85. The first kappa shape index (κ1) is 18.2. The summed E-state index contributed by atoms with van der Waals surface area (Å²) in [7, 11) is 0. The van der Waals surface area contributed by atoms with E-state index in [0.29, 0.717) is 22.4 Å². The molecule has 0 saturated carbocycles. The number of hydrogen-bond acceptors (Lipinski definition) is 4. The first-order valence-electron chi connectivity index (χ1n) is 7.80. The van der Waals surface area contributed by atoms with Crippen molar-refractivity contribution in [1.29, 1.82) is 0 Å². The van der Waals surface area contributed by atoms with Gasteiger partial charge in [-0.1, -0.05) is 70.2 Å². The summed E-state index contributed by atoms with van der Waals surface area (Å²) in [6.45, 7) is 2.97. The summed E-state index contributed by atoms with van der Waals surface area (Å²) in [5, 5.41) is 0. The minimum Gasteiger partial charge on any atom is -0.488 e. The maximum absolute atomic E-state index is 12.4. The van der Waals surface area contributed by atoms with E-state index in [-0.39, 0.29) is 5.91 Å². The third kappa shape index (κ3) is 4.32. The average Bonchev–Trinajstić information content (AvgIpc) is 2.88. The van der Waals surface area contributed by atoms with E-state index in [4.69, 9.17) is 17.0 Å². The molecule has 1 aliphatic heterocycles. The zero-order valence-corrected chi connectivity index (χ0v) is 16.8. The molecule has 2 aromatic carbocycles. The monoisotopic (exact) mass is 433 g/mol. The van der Waals surface area contributed by atoms with Crippen LogP contribution < -0.4 is 4.74 Å². The fourth-order valence-electron chi connectivity index (χ4n) is 2.41. The van der Waals surface area contributed by atoms with Gasteiger partial charge in [0.15, 0.2) is 0 Å². The van der Waals surface area contributed by atoms with Crippen LogP contribution in [0.15, 0.2) is 57.9 Å². The molecule has 0 spiro atoms. The first-order valence-corrected chi connectivity index (χ1v) is 9.82. The molecule has 1 saturated heterocycles.